The molecule has 2 N–H and O–H groups in total. The lowest BCUT2D eigenvalue weighted by atomic mass is 10.1. The molecule has 0 heterocycles. The van der Waals surface area contributed by atoms with E-state index in [9.17, 15) is 18.4 Å². The van der Waals surface area contributed by atoms with Crippen molar-refractivity contribution in [3.63, 3.8) is 0 Å². The van der Waals surface area contributed by atoms with Crippen LogP contribution in [0.2, 0.25) is 0 Å². The van der Waals surface area contributed by atoms with Crippen molar-refractivity contribution in [3.05, 3.63) is 35.4 Å². The fraction of sp³-hybridized carbons (Fsp3) is 0.429. The molecule has 0 aliphatic heterocycles. The van der Waals surface area contributed by atoms with Crippen LogP contribution in [0.3, 0.4) is 0 Å². The molecule has 1 aromatic carbocycles. The van der Waals surface area contributed by atoms with Crippen molar-refractivity contribution in [2.75, 3.05) is 13.7 Å². The van der Waals surface area contributed by atoms with E-state index in [0.29, 0.717) is 12.0 Å². The Bertz CT molecular complexity index is 564. The third-order valence-corrected chi connectivity index (χ3v) is 3.52. The summed E-state index contributed by atoms with van der Waals surface area (Å²) in [4.78, 5) is 22.6. The molecule has 1 saturated carbocycles. The third kappa shape index (κ3) is 3.55. The molecule has 0 aromatic heterocycles. The van der Waals surface area contributed by atoms with Crippen LogP contribution >= 0.6 is 0 Å². The first-order valence-electron chi connectivity index (χ1n) is 6.42. The second kappa shape index (κ2) is 6.17. The number of carbonyl (C=O) groups is 2. The molecular formula is C14H15F2NO4. The molecule has 3 atom stereocenters. The summed E-state index contributed by atoms with van der Waals surface area (Å²) in [7, 11) is 1.24. The Kier molecular flexibility index (Phi) is 4.52. The minimum atomic E-state index is -1.16. The Morgan fingerprint density at radius 3 is 2.71 bits per heavy atom. The van der Waals surface area contributed by atoms with E-state index in [2.05, 4.69) is 5.32 Å². The number of ether oxygens (including phenoxy) is 1. The van der Waals surface area contributed by atoms with Gasteiger partial charge in [-0.05, 0) is 30.0 Å². The first-order valence-corrected chi connectivity index (χ1v) is 6.42. The van der Waals surface area contributed by atoms with Crippen LogP contribution < -0.4 is 5.32 Å². The molecule has 5 nitrogen and oxygen atoms in total. The van der Waals surface area contributed by atoms with Crippen molar-refractivity contribution >= 4 is 11.9 Å². The fourth-order valence-electron chi connectivity index (χ4n) is 2.19. The number of carboxylic acids is 1. The highest BCUT2D eigenvalue weighted by molar-refractivity contribution is 5.83. The van der Waals surface area contributed by atoms with Gasteiger partial charge >= 0.3 is 5.97 Å². The number of hydrogen-bond acceptors (Lipinski definition) is 3. The van der Waals surface area contributed by atoms with Crippen LogP contribution in [0.4, 0.5) is 8.78 Å². The highest BCUT2D eigenvalue weighted by Crippen LogP contribution is 2.47. The molecule has 1 aliphatic rings. The van der Waals surface area contributed by atoms with Crippen molar-refractivity contribution in [3.8, 4) is 0 Å². The van der Waals surface area contributed by atoms with E-state index in [-0.39, 0.29) is 24.3 Å². The summed E-state index contributed by atoms with van der Waals surface area (Å²) in [5, 5.41) is 11.3. The van der Waals surface area contributed by atoms with E-state index in [1.807, 2.05) is 0 Å². The number of nitrogens with one attached hydrogen (secondary N) is 1. The Morgan fingerprint density at radius 2 is 2.14 bits per heavy atom. The lowest BCUT2D eigenvalue weighted by molar-refractivity contribution is -0.148. The smallest absolute Gasteiger partial charge is 0.334 e. The summed E-state index contributed by atoms with van der Waals surface area (Å²) in [5.41, 5.74) is 0.565. The van der Waals surface area contributed by atoms with Gasteiger partial charge in [-0.25, -0.2) is 13.6 Å². The van der Waals surface area contributed by atoms with Crippen LogP contribution in [-0.2, 0) is 14.3 Å². The van der Waals surface area contributed by atoms with Gasteiger partial charge < -0.3 is 15.2 Å². The number of halogens is 2. The first kappa shape index (κ1) is 15.4. The lowest BCUT2D eigenvalue weighted by Gasteiger charge is -2.11. The molecule has 7 heteroatoms. The van der Waals surface area contributed by atoms with Crippen molar-refractivity contribution in [2.45, 2.75) is 18.4 Å². The van der Waals surface area contributed by atoms with Gasteiger partial charge in [-0.15, -0.1) is 0 Å². The molecule has 0 saturated heterocycles. The van der Waals surface area contributed by atoms with E-state index in [1.165, 1.54) is 13.2 Å². The number of methoxy groups -OCH3 is 1. The standard InChI is InChI=1S/C14H15F2NO4/c1-21-12(14(19)20)6-17-13(18)9-5-8(9)7-2-3-10(15)11(16)4-7/h2-4,8-9,12H,5-6H2,1H3,(H,17,18)(H,19,20). The number of rotatable bonds is 6. The minimum absolute atomic E-state index is 0.133. The van der Waals surface area contributed by atoms with Gasteiger partial charge in [0.25, 0.3) is 0 Å². The van der Waals surface area contributed by atoms with Crippen LogP contribution in [-0.4, -0.2) is 36.7 Å². The Morgan fingerprint density at radius 1 is 1.43 bits per heavy atom. The number of benzene rings is 1. The van der Waals surface area contributed by atoms with Crippen LogP contribution in [0.5, 0.6) is 0 Å². The monoisotopic (exact) mass is 299 g/mol. The average molecular weight is 299 g/mol. The molecule has 0 bridgehead atoms. The second-order valence-electron chi connectivity index (χ2n) is 4.93. The number of hydrogen-bond donors (Lipinski definition) is 2. The van der Waals surface area contributed by atoms with Gasteiger partial charge in [0.2, 0.25) is 5.91 Å². The van der Waals surface area contributed by atoms with Gasteiger partial charge in [0.15, 0.2) is 17.7 Å². The predicted octanol–water partition coefficient (Wildman–Crippen LogP) is 1.28. The van der Waals surface area contributed by atoms with E-state index in [0.717, 1.165) is 12.1 Å². The maximum absolute atomic E-state index is 13.1. The topological polar surface area (TPSA) is 75.6 Å². The highest BCUT2D eigenvalue weighted by Gasteiger charge is 2.44. The molecular weight excluding hydrogens is 284 g/mol. The van der Waals surface area contributed by atoms with Gasteiger partial charge in [0.05, 0.1) is 6.54 Å². The maximum Gasteiger partial charge on any atom is 0.334 e. The molecule has 1 aliphatic carbocycles. The van der Waals surface area contributed by atoms with E-state index in [4.69, 9.17) is 9.84 Å². The van der Waals surface area contributed by atoms with Crippen molar-refractivity contribution in [1.82, 2.24) is 5.32 Å². The zero-order valence-corrected chi connectivity index (χ0v) is 11.3. The molecule has 2 rings (SSSR count). The third-order valence-electron chi connectivity index (χ3n) is 3.52. The maximum atomic E-state index is 13.1. The van der Waals surface area contributed by atoms with E-state index in [1.54, 1.807) is 0 Å². The lowest BCUT2D eigenvalue weighted by Crippen LogP contribution is -2.38. The van der Waals surface area contributed by atoms with Crippen molar-refractivity contribution < 1.29 is 28.2 Å². The summed E-state index contributed by atoms with van der Waals surface area (Å²) in [6, 6.07) is 3.57. The Hall–Kier alpha value is -2.02. The Labute approximate surface area is 119 Å². The van der Waals surface area contributed by atoms with Gasteiger partial charge in [-0.2, -0.15) is 0 Å². The van der Waals surface area contributed by atoms with Crippen LogP contribution in [0.1, 0.15) is 17.9 Å². The molecule has 1 fully saturated rings. The quantitative estimate of drug-likeness (QED) is 0.830. The van der Waals surface area contributed by atoms with Crippen LogP contribution in [0.25, 0.3) is 0 Å². The molecule has 1 aromatic rings. The van der Waals surface area contributed by atoms with Crippen molar-refractivity contribution in [1.29, 1.82) is 0 Å². The summed E-state index contributed by atoms with van der Waals surface area (Å²) in [6.45, 7) is -0.133. The van der Waals surface area contributed by atoms with Crippen LogP contribution in [0, 0.1) is 17.6 Å². The molecule has 21 heavy (non-hydrogen) atoms. The number of aliphatic carboxylic acids is 1. The number of carboxylic acid groups (broad SMARTS) is 1. The van der Waals surface area contributed by atoms with Gasteiger partial charge in [0, 0.05) is 13.0 Å². The normalized spacial score (nSPS) is 21.7. The minimum Gasteiger partial charge on any atom is -0.479 e. The number of carbonyl (C=O) groups excluding carboxylic acids is 1. The highest BCUT2D eigenvalue weighted by atomic mass is 19.2. The largest absolute Gasteiger partial charge is 0.479 e. The summed E-state index contributed by atoms with van der Waals surface area (Å²) in [6.07, 6.45) is -0.573. The molecule has 114 valence electrons. The van der Waals surface area contributed by atoms with Crippen molar-refractivity contribution in [2.24, 2.45) is 5.92 Å². The van der Waals surface area contributed by atoms with E-state index < -0.39 is 23.7 Å². The van der Waals surface area contributed by atoms with Gasteiger partial charge in [0.1, 0.15) is 0 Å². The number of amides is 1. The first-order chi connectivity index (χ1) is 9.93. The fourth-order valence-corrected chi connectivity index (χ4v) is 2.19. The predicted molar refractivity (Wildman–Crippen MR) is 68.6 cm³/mol. The van der Waals surface area contributed by atoms with Gasteiger partial charge in [-0.1, -0.05) is 6.07 Å². The summed E-state index contributed by atoms with van der Waals surface area (Å²) >= 11 is 0. The zero-order chi connectivity index (χ0) is 15.6. The zero-order valence-electron chi connectivity index (χ0n) is 11.3. The molecule has 0 radical (unpaired) electrons. The Balaban J connectivity index is 1.89. The summed E-state index contributed by atoms with van der Waals surface area (Å²) < 4.78 is 30.7. The second-order valence-corrected chi connectivity index (χ2v) is 4.93. The summed E-state index contributed by atoms with van der Waals surface area (Å²) in [5.74, 6) is -3.85. The van der Waals surface area contributed by atoms with Crippen LogP contribution in [0.15, 0.2) is 18.2 Å². The average Bonchev–Trinajstić information content (AvgIpc) is 3.22. The molecule has 3 unspecified atom stereocenters. The van der Waals surface area contributed by atoms with Gasteiger partial charge in [-0.3, -0.25) is 4.79 Å². The molecule has 1 amide bonds. The SMILES string of the molecule is COC(CNC(=O)C1CC1c1ccc(F)c(F)c1)C(=O)O. The molecule has 0 spiro atoms. The van der Waals surface area contributed by atoms with E-state index >= 15 is 0 Å².